The Morgan fingerprint density at radius 1 is 1.34 bits per heavy atom. The number of anilines is 2. The fourth-order valence-corrected chi connectivity index (χ4v) is 7.15. The normalized spacial score (nSPS) is 27.3. The van der Waals surface area contributed by atoms with Crippen molar-refractivity contribution in [3.8, 4) is 0 Å². The molecule has 1 aliphatic carbocycles. The predicted octanol–water partition coefficient (Wildman–Crippen LogP) is 3.31. The van der Waals surface area contributed by atoms with E-state index in [0.29, 0.717) is 40.9 Å². The van der Waals surface area contributed by atoms with Crippen LogP contribution in [-0.2, 0) is 15.2 Å². The third-order valence-electron chi connectivity index (χ3n) is 6.24. The lowest BCUT2D eigenvalue weighted by Crippen LogP contribution is -2.55. The second-order valence-corrected chi connectivity index (χ2v) is 11.4. The second-order valence-electron chi connectivity index (χ2n) is 8.03. The molecule has 0 radical (unpaired) electrons. The molecular weight excluding hydrogens is 497 g/mol. The highest BCUT2D eigenvalue weighted by Crippen LogP contribution is 2.50. The fraction of sp³-hybridized carbons (Fsp3) is 0.286. The van der Waals surface area contributed by atoms with Crippen LogP contribution in [0.2, 0.25) is 0 Å². The highest BCUT2D eigenvalue weighted by Gasteiger charge is 2.54. The van der Waals surface area contributed by atoms with Gasteiger partial charge in [-0.3, -0.25) is 4.31 Å². The van der Waals surface area contributed by atoms with Crippen LogP contribution in [0.4, 0.5) is 15.9 Å². The third kappa shape index (κ3) is 3.14. The Bertz CT molecular complexity index is 1380. The summed E-state index contributed by atoms with van der Waals surface area (Å²) in [4.78, 5) is 17.6. The SMILES string of the molecule is C=S1(=O)C2CCC[C@]2(c2cc(Nc3ncnc4cc(Br)cnc34)ccc2F)N=C(N)N1C. The van der Waals surface area contributed by atoms with Crippen molar-refractivity contribution in [2.24, 2.45) is 10.7 Å². The van der Waals surface area contributed by atoms with E-state index in [9.17, 15) is 4.21 Å². The van der Waals surface area contributed by atoms with Crippen LogP contribution in [0.3, 0.4) is 0 Å². The van der Waals surface area contributed by atoms with Gasteiger partial charge in [0.05, 0.1) is 20.5 Å². The monoisotopic (exact) mass is 517 g/mol. The summed E-state index contributed by atoms with van der Waals surface area (Å²) in [5.74, 6) is 4.14. The third-order valence-corrected chi connectivity index (χ3v) is 9.30. The van der Waals surface area contributed by atoms with Crippen molar-refractivity contribution in [3.63, 3.8) is 0 Å². The minimum absolute atomic E-state index is 0.109. The van der Waals surface area contributed by atoms with Gasteiger partial charge >= 0.3 is 0 Å². The Hall–Kier alpha value is -2.79. The molecule has 2 aliphatic rings. The zero-order valence-electron chi connectivity index (χ0n) is 17.3. The smallest absolute Gasteiger partial charge is 0.203 e. The Labute approximate surface area is 193 Å². The van der Waals surface area contributed by atoms with E-state index in [4.69, 9.17) is 5.73 Å². The molecule has 8 nitrogen and oxygen atoms in total. The van der Waals surface area contributed by atoms with Gasteiger partial charge in [-0.05, 0) is 65.3 Å². The van der Waals surface area contributed by atoms with Gasteiger partial charge in [0.15, 0.2) is 5.82 Å². The van der Waals surface area contributed by atoms with E-state index in [1.165, 1.54) is 16.7 Å². The molecule has 0 spiro atoms. The van der Waals surface area contributed by atoms with Gasteiger partial charge in [0.1, 0.15) is 23.2 Å². The minimum atomic E-state index is -2.76. The molecule has 5 rings (SSSR count). The van der Waals surface area contributed by atoms with Gasteiger partial charge in [0.25, 0.3) is 0 Å². The van der Waals surface area contributed by atoms with E-state index in [1.54, 1.807) is 25.4 Å². The number of hydrogen-bond acceptors (Lipinski definition) is 7. The van der Waals surface area contributed by atoms with Crippen molar-refractivity contribution in [1.82, 2.24) is 19.3 Å². The number of aliphatic imine (C=N–C) groups is 1. The van der Waals surface area contributed by atoms with Gasteiger partial charge in [-0.25, -0.2) is 28.5 Å². The first-order valence-electron chi connectivity index (χ1n) is 10.0. The van der Waals surface area contributed by atoms with Gasteiger partial charge in [0.2, 0.25) is 5.96 Å². The van der Waals surface area contributed by atoms with Gasteiger partial charge in [-0.2, -0.15) is 0 Å². The molecule has 1 aromatic carbocycles. The number of rotatable bonds is 3. The van der Waals surface area contributed by atoms with Crippen LogP contribution in [0.5, 0.6) is 0 Å². The summed E-state index contributed by atoms with van der Waals surface area (Å²) in [6, 6.07) is 6.53. The number of nitrogens with two attached hydrogens (primary N) is 1. The molecule has 0 bridgehead atoms. The number of guanidine groups is 1. The van der Waals surface area contributed by atoms with Gasteiger partial charge in [-0.1, -0.05) is 0 Å². The van der Waals surface area contributed by atoms with Gasteiger partial charge < -0.3 is 11.1 Å². The van der Waals surface area contributed by atoms with Gasteiger partial charge in [-0.15, -0.1) is 0 Å². The van der Waals surface area contributed by atoms with Crippen molar-refractivity contribution in [3.05, 3.63) is 52.6 Å². The number of fused-ring (bicyclic) bond motifs is 2. The van der Waals surface area contributed by atoms with Crippen molar-refractivity contribution in [1.29, 1.82) is 0 Å². The van der Waals surface area contributed by atoms with E-state index < -0.39 is 26.3 Å². The Morgan fingerprint density at radius 2 is 2.16 bits per heavy atom. The van der Waals surface area contributed by atoms with Crippen LogP contribution >= 0.6 is 15.9 Å². The summed E-state index contributed by atoms with van der Waals surface area (Å²) in [7, 11) is -1.14. The maximum Gasteiger partial charge on any atom is 0.203 e. The largest absolute Gasteiger partial charge is 0.369 e. The van der Waals surface area contributed by atoms with Crippen LogP contribution in [0.25, 0.3) is 11.0 Å². The zero-order chi connectivity index (χ0) is 22.7. The van der Waals surface area contributed by atoms with Crippen molar-refractivity contribution >= 4 is 60.0 Å². The molecule has 3 atom stereocenters. The molecule has 3 heterocycles. The molecule has 1 fully saturated rings. The van der Waals surface area contributed by atoms with Crippen LogP contribution < -0.4 is 11.1 Å². The first kappa shape index (κ1) is 21.1. The molecule has 32 heavy (non-hydrogen) atoms. The van der Waals surface area contributed by atoms with E-state index in [0.717, 1.165) is 10.9 Å². The lowest BCUT2D eigenvalue weighted by molar-refractivity contribution is 0.416. The maximum atomic E-state index is 15.2. The molecule has 2 unspecified atom stereocenters. The van der Waals surface area contributed by atoms with Crippen molar-refractivity contribution in [2.75, 3.05) is 12.4 Å². The lowest BCUT2D eigenvalue weighted by Gasteiger charge is -2.42. The second kappa shape index (κ2) is 7.38. The lowest BCUT2D eigenvalue weighted by atomic mass is 9.87. The number of nitrogens with zero attached hydrogens (tertiary/aromatic N) is 5. The molecule has 0 saturated heterocycles. The van der Waals surface area contributed by atoms with Crippen LogP contribution in [-0.4, -0.2) is 47.6 Å². The summed E-state index contributed by atoms with van der Waals surface area (Å²) < 4.78 is 30.9. The molecule has 2 aromatic heterocycles. The molecule has 0 amide bonds. The van der Waals surface area contributed by atoms with E-state index >= 15 is 4.39 Å². The Balaban J connectivity index is 1.61. The standard InChI is InChI=1S/C21H21BrFN7OS/c1-30-20(24)29-21(7-3-4-17(21)32(30,2)31)14-9-13(5-6-15(14)23)28-19-18-16(26-11-27-19)8-12(22)10-25-18/h5-6,8-11,17H,2-4,7H2,1H3,(H2,24,29)(H,26,27,28)/t17?,21-,32?/m1/s1. The highest BCUT2D eigenvalue weighted by molar-refractivity contribution is 9.10. The fourth-order valence-electron chi connectivity index (χ4n) is 4.65. The first-order chi connectivity index (χ1) is 15.2. The molecule has 11 heteroatoms. The van der Waals surface area contributed by atoms with Crippen molar-refractivity contribution in [2.45, 2.75) is 30.1 Å². The van der Waals surface area contributed by atoms with Crippen LogP contribution in [0.1, 0.15) is 24.8 Å². The van der Waals surface area contributed by atoms with Crippen molar-refractivity contribution < 1.29 is 8.60 Å². The summed E-state index contributed by atoms with van der Waals surface area (Å²) >= 11 is 3.39. The minimum Gasteiger partial charge on any atom is -0.369 e. The first-order valence-corrected chi connectivity index (χ1v) is 12.5. The van der Waals surface area contributed by atoms with E-state index in [-0.39, 0.29) is 5.96 Å². The molecule has 166 valence electrons. The van der Waals surface area contributed by atoms with E-state index in [1.807, 2.05) is 6.07 Å². The van der Waals surface area contributed by atoms with E-state index in [2.05, 4.69) is 47.1 Å². The maximum absolute atomic E-state index is 15.2. The number of pyridine rings is 1. The number of aromatic nitrogens is 3. The average molecular weight is 518 g/mol. The number of halogens is 2. The molecule has 3 N–H and O–H groups in total. The highest BCUT2D eigenvalue weighted by atomic mass is 79.9. The summed E-state index contributed by atoms with van der Waals surface area (Å²) in [6.45, 7) is 0. The summed E-state index contributed by atoms with van der Waals surface area (Å²) in [5, 5.41) is 2.78. The predicted molar refractivity (Wildman–Crippen MR) is 129 cm³/mol. The molecule has 3 aromatic rings. The van der Waals surface area contributed by atoms with Gasteiger partial charge in [0, 0.05) is 29.0 Å². The average Bonchev–Trinajstić information content (AvgIpc) is 3.19. The number of hydrogen-bond donors (Lipinski definition) is 2. The molecular formula is C21H21BrFN7OS. The molecule has 1 aliphatic heterocycles. The van der Waals surface area contributed by atoms with Crippen LogP contribution in [0, 0.1) is 5.82 Å². The molecule has 1 saturated carbocycles. The van der Waals surface area contributed by atoms with Crippen LogP contribution in [0.15, 0.2) is 46.3 Å². The summed E-state index contributed by atoms with van der Waals surface area (Å²) in [5.41, 5.74) is 7.30. The Morgan fingerprint density at radius 3 is 2.97 bits per heavy atom. The number of benzene rings is 1. The quantitative estimate of drug-likeness (QED) is 0.515. The zero-order valence-corrected chi connectivity index (χ0v) is 19.7. The summed E-state index contributed by atoms with van der Waals surface area (Å²) in [6.07, 6.45) is 5.04. The Kier molecular flexibility index (Phi) is 4.86. The number of nitrogens with one attached hydrogen (secondary N) is 1. The topological polar surface area (TPSA) is 109 Å².